The van der Waals surface area contributed by atoms with Crippen LogP contribution in [-0.2, 0) is 11.8 Å². The molecule has 1 aliphatic heterocycles. The van der Waals surface area contributed by atoms with Crippen LogP contribution in [0.1, 0.15) is 20.8 Å². The number of amides is 1. The van der Waals surface area contributed by atoms with Crippen molar-refractivity contribution in [2.45, 2.75) is 26.3 Å². The van der Waals surface area contributed by atoms with Gasteiger partial charge in [-0.15, -0.1) is 0 Å². The number of aryl methyl sites for hydroxylation is 1. The predicted octanol–water partition coefficient (Wildman–Crippen LogP) is 5.36. The van der Waals surface area contributed by atoms with Gasteiger partial charge >= 0.3 is 0 Å². The van der Waals surface area contributed by atoms with E-state index in [1.165, 1.54) is 6.08 Å². The summed E-state index contributed by atoms with van der Waals surface area (Å²) in [5, 5.41) is 7.43. The van der Waals surface area contributed by atoms with Crippen LogP contribution < -0.4 is 20.3 Å². The molecule has 2 aromatic heterocycles. The fourth-order valence-electron chi connectivity index (χ4n) is 5.72. The molecule has 232 valence electrons. The summed E-state index contributed by atoms with van der Waals surface area (Å²) in [7, 11) is 5.70. The van der Waals surface area contributed by atoms with Crippen LogP contribution in [0.2, 0.25) is 0 Å². The lowest BCUT2D eigenvalue weighted by atomic mass is 10.1. The highest BCUT2D eigenvalue weighted by atomic mass is 16.5. The van der Waals surface area contributed by atoms with Gasteiger partial charge in [-0.2, -0.15) is 0 Å². The van der Waals surface area contributed by atoms with E-state index < -0.39 is 0 Å². The summed E-state index contributed by atoms with van der Waals surface area (Å²) in [6, 6.07) is 14.0. The van der Waals surface area contributed by atoms with Gasteiger partial charge in [0.25, 0.3) is 0 Å². The second kappa shape index (κ2) is 13.1. The number of nitrogens with zero attached hydrogens (tertiary/aromatic N) is 6. The molecule has 2 aromatic carbocycles. The third-order valence-electron chi connectivity index (χ3n) is 8.32. The number of nitrogens with one attached hydrogen (secondary N) is 2. The number of rotatable bonds is 10. The Morgan fingerprint density at radius 2 is 1.86 bits per heavy atom. The average molecular weight is 597 g/mol. The monoisotopic (exact) mass is 596 g/mol. The Morgan fingerprint density at radius 3 is 2.57 bits per heavy atom. The van der Waals surface area contributed by atoms with E-state index in [1.807, 2.05) is 44.4 Å². The summed E-state index contributed by atoms with van der Waals surface area (Å²) in [6.45, 7) is 16.4. The fourth-order valence-corrected chi connectivity index (χ4v) is 5.72. The number of hydrogen-bond acceptors (Lipinski definition) is 8. The van der Waals surface area contributed by atoms with E-state index >= 15 is 0 Å². The molecule has 1 aliphatic rings. The van der Waals surface area contributed by atoms with Crippen LogP contribution in [0.5, 0.6) is 5.75 Å². The number of benzene rings is 2. The summed E-state index contributed by atoms with van der Waals surface area (Å²) in [4.78, 5) is 29.0. The molecule has 5 rings (SSSR count). The van der Waals surface area contributed by atoms with Crippen molar-refractivity contribution in [2.75, 3.05) is 69.0 Å². The smallest absolute Gasteiger partial charge is 0.247 e. The Kier molecular flexibility index (Phi) is 9.22. The highest BCUT2D eigenvalue weighted by molar-refractivity contribution is 6.02. The lowest BCUT2D eigenvalue weighted by Gasteiger charge is -2.42. The van der Waals surface area contributed by atoms with Gasteiger partial charge in [-0.3, -0.25) is 14.6 Å². The number of carbonyl (C=O) groups is 1. The van der Waals surface area contributed by atoms with Crippen LogP contribution in [-0.4, -0.2) is 89.2 Å². The van der Waals surface area contributed by atoms with Gasteiger partial charge < -0.3 is 24.8 Å². The van der Waals surface area contributed by atoms with Crippen LogP contribution in [0.25, 0.3) is 22.2 Å². The van der Waals surface area contributed by atoms with Crippen LogP contribution >= 0.6 is 0 Å². The molecule has 44 heavy (non-hydrogen) atoms. The zero-order chi connectivity index (χ0) is 31.4. The van der Waals surface area contributed by atoms with E-state index in [4.69, 9.17) is 9.72 Å². The Labute approximate surface area is 260 Å². The Bertz CT molecular complexity index is 1630. The number of likely N-dealkylation sites (N-methyl/N-ethyl adjacent to an activating group) is 1. The van der Waals surface area contributed by atoms with Crippen molar-refractivity contribution in [3.63, 3.8) is 0 Å². The molecule has 10 nitrogen and oxygen atoms in total. The van der Waals surface area contributed by atoms with Crippen molar-refractivity contribution in [2.24, 2.45) is 7.05 Å². The lowest BCUT2D eigenvalue weighted by molar-refractivity contribution is -0.111. The first-order valence-electron chi connectivity index (χ1n) is 15.1. The van der Waals surface area contributed by atoms with Crippen molar-refractivity contribution >= 4 is 39.8 Å². The first-order valence-corrected chi connectivity index (χ1v) is 15.1. The van der Waals surface area contributed by atoms with Gasteiger partial charge in [0.05, 0.1) is 29.9 Å². The molecule has 10 heteroatoms. The Hall–Kier alpha value is -4.41. The van der Waals surface area contributed by atoms with Crippen molar-refractivity contribution in [1.82, 2.24) is 24.3 Å². The fraction of sp³-hybridized carbons (Fsp3) is 0.382. The normalized spacial score (nSPS) is 14.4. The summed E-state index contributed by atoms with van der Waals surface area (Å²) in [6.07, 6.45) is 5.09. The Morgan fingerprint density at radius 1 is 1.11 bits per heavy atom. The van der Waals surface area contributed by atoms with E-state index in [-0.39, 0.29) is 11.4 Å². The van der Waals surface area contributed by atoms with Crippen LogP contribution in [0.4, 0.5) is 23.0 Å². The van der Waals surface area contributed by atoms with Gasteiger partial charge in [-0.05, 0) is 45.0 Å². The van der Waals surface area contributed by atoms with Gasteiger partial charge in [0, 0.05) is 93.8 Å². The van der Waals surface area contributed by atoms with E-state index in [2.05, 4.69) is 80.6 Å². The standard InChI is InChI=1S/C34H44N8O2/c1-8-32(43)36-27-21-28(38-33-35-14-13-26(37-33)25-23-40(6)29-12-10-9-11-24(25)29)31(44-7)22-30(27)39(5)15-16-41-17-19-42(20-18-41)34(2,3)4/h8-14,21-23H,1,15-20H2,2-7H3,(H,36,43)(H,35,37,38). The number of piperazine rings is 1. The number of methoxy groups -OCH3 is 1. The quantitative estimate of drug-likeness (QED) is 0.237. The second-order valence-electron chi connectivity index (χ2n) is 12.2. The topological polar surface area (TPSA) is 90.8 Å². The number of fused-ring (bicyclic) bond motifs is 1. The Balaban J connectivity index is 1.37. The average Bonchev–Trinajstić information content (AvgIpc) is 3.36. The highest BCUT2D eigenvalue weighted by Crippen LogP contribution is 2.38. The molecule has 2 N–H and O–H groups in total. The molecular formula is C34H44N8O2. The first-order chi connectivity index (χ1) is 21.1. The summed E-state index contributed by atoms with van der Waals surface area (Å²) < 4.78 is 7.91. The van der Waals surface area contributed by atoms with Crippen LogP contribution in [0.3, 0.4) is 0 Å². The second-order valence-corrected chi connectivity index (χ2v) is 12.2. The molecule has 1 saturated heterocycles. The summed E-state index contributed by atoms with van der Waals surface area (Å²) in [5.74, 6) is 0.745. The minimum absolute atomic E-state index is 0.190. The largest absolute Gasteiger partial charge is 0.494 e. The maximum Gasteiger partial charge on any atom is 0.247 e. The van der Waals surface area contributed by atoms with E-state index in [1.54, 1.807) is 13.3 Å². The molecule has 0 aliphatic carbocycles. The highest BCUT2D eigenvalue weighted by Gasteiger charge is 2.26. The summed E-state index contributed by atoms with van der Waals surface area (Å²) in [5.41, 5.74) is 5.28. The number of anilines is 4. The van der Waals surface area contributed by atoms with Gasteiger partial charge in [0.15, 0.2) is 0 Å². The molecule has 1 fully saturated rings. The number of para-hydroxylation sites is 1. The third kappa shape index (κ3) is 6.87. The summed E-state index contributed by atoms with van der Waals surface area (Å²) >= 11 is 0. The minimum Gasteiger partial charge on any atom is -0.494 e. The molecule has 0 saturated carbocycles. The van der Waals surface area contributed by atoms with Crippen LogP contribution in [0, 0.1) is 0 Å². The third-order valence-corrected chi connectivity index (χ3v) is 8.32. The van der Waals surface area contributed by atoms with E-state index in [0.717, 1.165) is 67.1 Å². The SMILES string of the molecule is C=CC(=O)Nc1cc(Nc2nccc(-c3cn(C)c4ccccc34)n2)c(OC)cc1N(C)CCN1CCN(C(C)(C)C)CC1. The maximum atomic E-state index is 12.5. The van der Waals surface area contributed by atoms with Crippen molar-refractivity contribution in [3.05, 3.63) is 67.5 Å². The van der Waals surface area contributed by atoms with E-state index in [0.29, 0.717) is 23.1 Å². The molecule has 0 spiro atoms. The van der Waals surface area contributed by atoms with Crippen molar-refractivity contribution in [3.8, 4) is 17.0 Å². The van der Waals surface area contributed by atoms with Gasteiger partial charge in [-0.1, -0.05) is 24.8 Å². The molecule has 0 atom stereocenters. The van der Waals surface area contributed by atoms with Crippen molar-refractivity contribution in [1.29, 1.82) is 0 Å². The number of carbonyl (C=O) groups excluding carboxylic acids is 1. The number of aromatic nitrogens is 3. The van der Waals surface area contributed by atoms with E-state index in [9.17, 15) is 4.79 Å². The molecule has 0 unspecified atom stereocenters. The van der Waals surface area contributed by atoms with Gasteiger partial charge in [0.1, 0.15) is 5.75 Å². The molecule has 3 heterocycles. The maximum absolute atomic E-state index is 12.5. The zero-order valence-corrected chi connectivity index (χ0v) is 26.7. The molecule has 4 aromatic rings. The molecule has 0 bridgehead atoms. The lowest BCUT2D eigenvalue weighted by Crippen LogP contribution is -2.54. The van der Waals surface area contributed by atoms with Crippen molar-refractivity contribution < 1.29 is 9.53 Å². The van der Waals surface area contributed by atoms with Crippen LogP contribution in [0.15, 0.2) is 67.5 Å². The number of ether oxygens (including phenoxy) is 1. The van der Waals surface area contributed by atoms with Gasteiger partial charge in [-0.25, -0.2) is 9.97 Å². The minimum atomic E-state index is -0.289. The van der Waals surface area contributed by atoms with Gasteiger partial charge in [0.2, 0.25) is 11.9 Å². The predicted molar refractivity (Wildman–Crippen MR) is 180 cm³/mol. The first kappa shape index (κ1) is 31.0. The zero-order valence-electron chi connectivity index (χ0n) is 26.7. The molecular weight excluding hydrogens is 552 g/mol. The number of hydrogen-bond donors (Lipinski definition) is 2. The molecule has 1 amide bonds. The molecule has 0 radical (unpaired) electrons.